The van der Waals surface area contributed by atoms with Crippen molar-refractivity contribution in [3.05, 3.63) is 0 Å². The van der Waals surface area contributed by atoms with Crippen LogP contribution in [0, 0.1) is 17.8 Å². The van der Waals surface area contributed by atoms with Crippen LogP contribution in [0.4, 0.5) is 0 Å². The van der Waals surface area contributed by atoms with E-state index in [9.17, 15) is 57.5 Å². The van der Waals surface area contributed by atoms with Gasteiger partial charge in [-0.2, -0.15) is 0 Å². The van der Waals surface area contributed by atoms with Crippen molar-refractivity contribution >= 4 is 71.3 Å². The van der Waals surface area contributed by atoms with Gasteiger partial charge in [-0.1, -0.05) is 20.8 Å². The first-order valence-corrected chi connectivity index (χ1v) is 32.6. The Hall–Kier alpha value is -6.64. The summed E-state index contributed by atoms with van der Waals surface area (Å²) in [7, 11) is 0. The lowest BCUT2D eigenvalue weighted by atomic mass is 9.88. The third kappa shape index (κ3) is 31.7. The number of unbranched alkanes of at least 4 members (excludes halogenated alkanes) is 3. The predicted octanol–water partition coefficient (Wildman–Crippen LogP) is 1.45. The van der Waals surface area contributed by atoms with E-state index in [0.717, 1.165) is 0 Å². The SMILES string of the molecule is CC(=O)NC1[C@H](OCCCCC(=O)NCCCNCCCN(CCCNC(=O)CCCCO[C@@H]2OC(COC(C)=O)[C@H](OC(C)=O)[C@H](C)C2NC(C)=O)C(=O)CCCCO[C@@H]2OC(COC(C)=O)[C@H](OC(C)=O)[C@H](C)C2NC(C)=O)OC(COC(C)=O)[C@H](OC(C)=O)[C@@H]1C. The second-order valence-corrected chi connectivity index (χ2v) is 23.9. The molecule has 536 valence electrons. The van der Waals surface area contributed by atoms with Gasteiger partial charge in [0.2, 0.25) is 35.4 Å². The summed E-state index contributed by atoms with van der Waals surface area (Å²) in [5, 5.41) is 17.7. The van der Waals surface area contributed by atoms with Crippen LogP contribution in [-0.4, -0.2) is 229 Å². The lowest BCUT2D eigenvalue weighted by Crippen LogP contribution is -2.62. The molecule has 3 fully saturated rings. The molecule has 31 nitrogen and oxygen atoms in total. The van der Waals surface area contributed by atoms with Crippen molar-refractivity contribution < 1.29 is 114 Å². The average molecular weight is 1340 g/mol. The highest BCUT2D eigenvalue weighted by atomic mass is 16.7. The molecule has 3 aliphatic rings. The Morgan fingerprint density at radius 1 is 0.372 bits per heavy atom. The third-order valence-electron chi connectivity index (χ3n) is 15.7. The minimum atomic E-state index is -0.991. The van der Waals surface area contributed by atoms with E-state index >= 15 is 0 Å². The molecule has 6 amide bonds. The third-order valence-corrected chi connectivity index (χ3v) is 15.7. The number of esters is 6. The number of carbonyl (C=O) groups excluding carboxylic acids is 12. The fraction of sp³-hybridized carbons (Fsp3) is 0.810. The molecule has 0 radical (unpaired) electrons. The normalized spacial score (nSPS) is 25.6. The molecule has 0 aromatic rings. The van der Waals surface area contributed by atoms with Gasteiger partial charge in [-0.3, -0.25) is 57.5 Å². The molecule has 0 aromatic heterocycles. The number of ether oxygens (including phenoxy) is 12. The Balaban J connectivity index is 1.51. The van der Waals surface area contributed by atoms with E-state index in [0.29, 0.717) is 97.1 Å². The summed E-state index contributed by atoms with van der Waals surface area (Å²) in [6.07, 6.45) is -2.92. The number of nitrogens with zero attached hydrogens (tertiary/aromatic N) is 1. The van der Waals surface area contributed by atoms with Gasteiger partial charge in [0.25, 0.3) is 0 Å². The van der Waals surface area contributed by atoms with E-state index in [-0.39, 0.29) is 94.3 Å². The van der Waals surface area contributed by atoms with Crippen molar-refractivity contribution in [3.63, 3.8) is 0 Å². The van der Waals surface area contributed by atoms with Gasteiger partial charge >= 0.3 is 35.8 Å². The summed E-state index contributed by atoms with van der Waals surface area (Å²) in [5.41, 5.74) is 0. The summed E-state index contributed by atoms with van der Waals surface area (Å²) in [6, 6.07) is -2.10. The minimum Gasteiger partial charge on any atom is -0.463 e. The lowest BCUT2D eigenvalue weighted by molar-refractivity contribution is -0.262. The van der Waals surface area contributed by atoms with Crippen molar-refractivity contribution in [3.8, 4) is 0 Å². The van der Waals surface area contributed by atoms with Crippen LogP contribution in [0.1, 0.15) is 160 Å². The number of rotatable bonds is 42. The lowest BCUT2D eigenvalue weighted by Gasteiger charge is -2.44. The van der Waals surface area contributed by atoms with Crippen LogP contribution in [0.3, 0.4) is 0 Å². The maximum absolute atomic E-state index is 13.8. The zero-order chi connectivity index (χ0) is 69.9. The van der Waals surface area contributed by atoms with E-state index in [2.05, 4.69) is 31.9 Å². The molecule has 94 heavy (non-hydrogen) atoms. The summed E-state index contributed by atoms with van der Waals surface area (Å²) in [5.74, 6) is -6.30. The Kier molecular flexibility index (Phi) is 38.3. The molecule has 31 heteroatoms. The second-order valence-electron chi connectivity index (χ2n) is 23.9. The quantitative estimate of drug-likeness (QED) is 0.0286. The van der Waals surface area contributed by atoms with Crippen LogP contribution < -0.4 is 31.9 Å². The Morgan fingerprint density at radius 2 is 0.681 bits per heavy atom. The minimum absolute atomic E-state index is 0.105. The molecule has 0 bridgehead atoms. The van der Waals surface area contributed by atoms with Crippen molar-refractivity contribution in [2.24, 2.45) is 17.8 Å². The smallest absolute Gasteiger partial charge is 0.303 e. The van der Waals surface area contributed by atoms with Gasteiger partial charge in [0, 0.05) is 145 Å². The fourth-order valence-corrected chi connectivity index (χ4v) is 11.1. The van der Waals surface area contributed by atoms with E-state index in [4.69, 9.17) is 56.8 Å². The molecular weight excluding hydrogens is 1240 g/mol. The largest absolute Gasteiger partial charge is 0.463 e. The maximum Gasteiger partial charge on any atom is 0.303 e. The molecule has 15 atom stereocenters. The van der Waals surface area contributed by atoms with E-state index in [1.165, 1.54) is 62.3 Å². The van der Waals surface area contributed by atoms with E-state index in [1.807, 2.05) is 0 Å². The molecule has 0 aliphatic carbocycles. The predicted molar refractivity (Wildman–Crippen MR) is 332 cm³/mol. The summed E-state index contributed by atoms with van der Waals surface area (Å²) >= 11 is 0. The van der Waals surface area contributed by atoms with Gasteiger partial charge in [-0.05, 0) is 70.9 Å². The molecule has 0 saturated carbocycles. The van der Waals surface area contributed by atoms with Gasteiger partial charge < -0.3 is 93.6 Å². The maximum atomic E-state index is 13.8. The molecular formula is C63H105N7O24. The average Bonchev–Trinajstić information content (AvgIpc) is 0.819. The number of hydrogen-bond donors (Lipinski definition) is 6. The van der Waals surface area contributed by atoms with Gasteiger partial charge in [0.1, 0.15) is 56.4 Å². The van der Waals surface area contributed by atoms with Crippen LogP contribution in [-0.2, 0) is 114 Å². The van der Waals surface area contributed by atoms with E-state index < -0.39 is 127 Å². The van der Waals surface area contributed by atoms with Crippen LogP contribution >= 0.6 is 0 Å². The molecule has 0 spiro atoms. The number of carbonyl (C=O) groups is 12. The molecule has 3 rings (SSSR count). The highest BCUT2D eigenvalue weighted by Gasteiger charge is 2.50. The van der Waals surface area contributed by atoms with Crippen LogP contribution in [0.15, 0.2) is 0 Å². The van der Waals surface area contributed by atoms with Crippen molar-refractivity contribution in [2.45, 2.75) is 234 Å². The fourth-order valence-electron chi connectivity index (χ4n) is 11.1. The standard InChI is InChI=1S/C63H105N7O24/c1-37-55(67-40(4)71)61(92-49(34-86-43(7)74)58(37)89-46(10)77)83-31-16-13-22-52(80)65-27-19-25-64-26-20-29-70(54(82)24-15-18-33-85-63-57(69-42(6)73)39(3)60(91-48(12)79)51(94-63)36-88-45(9)76)30-21-28-66-53(81)23-14-17-32-84-62-56(68-41(5)72)38(2)59(90-47(11)78)50(93-62)35-87-44(8)75/h37-39,49-51,55-64H,13-36H2,1-12H3,(H,65,80)(H,66,81)(H,67,71)(H,68,72)(H,69,73)/t37-,38-,39-,49?,50?,51?,55?,56?,57?,58-,59-,60-,61-,62-,63-/m1/s1. The van der Waals surface area contributed by atoms with Gasteiger partial charge in [-0.25, -0.2) is 0 Å². The molecule has 3 aliphatic heterocycles. The van der Waals surface area contributed by atoms with Gasteiger partial charge in [0.05, 0.1) is 18.1 Å². The van der Waals surface area contributed by atoms with Crippen molar-refractivity contribution in [2.75, 3.05) is 78.9 Å². The molecule has 6 N–H and O–H groups in total. The molecule has 3 heterocycles. The molecule has 6 unspecified atom stereocenters. The molecule has 0 aromatic carbocycles. The first-order chi connectivity index (χ1) is 44.6. The summed E-state index contributed by atoms with van der Waals surface area (Å²) in [6.45, 7) is 19.3. The Morgan fingerprint density at radius 3 is 1.00 bits per heavy atom. The van der Waals surface area contributed by atoms with Gasteiger partial charge in [0.15, 0.2) is 18.9 Å². The highest BCUT2D eigenvalue weighted by molar-refractivity contribution is 5.77. The molecule has 3 saturated heterocycles. The summed E-state index contributed by atoms with van der Waals surface area (Å²) < 4.78 is 68.6. The highest BCUT2D eigenvalue weighted by Crippen LogP contribution is 2.33. The second kappa shape index (κ2) is 44.2. The van der Waals surface area contributed by atoms with Crippen LogP contribution in [0.2, 0.25) is 0 Å². The zero-order valence-electron chi connectivity index (χ0n) is 56.9. The topological polar surface area (TPSA) is 391 Å². The number of amides is 6. The number of hydrogen-bond acceptors (Lipinski definition) is 25. The zero-order valence-corrected chi connectivity index (χ0v) is 56.9. The van der Waals surface area contributed by atoms with E-state index in [1.54, 1.807) is 25.7 Å². The van der Waals surface area contributed by atoms with Crippen LogP contribution in [0.25, 0.3) is 0 Å². The Labute approximate surface area is 551 Å². The first kappa shape index (κ1) is 81.6. The monoisotopic (exact) mass is 1340 g/mol. The van der Waals surface area contributed by atoms with Crippen molar-refractivity contribution in [1.29, 1.82) is 0 Å². The van der Waals surface area contributed by atoms with Crippen LogP contribution in [0.5, 0.6) is 0 Å². The number of nitrogens with one attached hydrogen (secondary N) is 6. The van der Waals surface area contributed by atoms with Gasteiger partial charge in [-0.15, -0.1) is 0 Å². The first-order valence-electron chi connectivity index (χ1n) is 32.6. The Bertz CT molecular complexity index is 2430. The van der Waals surface area contributed by atoms with Crippen molar-refractivity contribution in [1.82, 2.24) is 36.8 Å². The summed E-state index contributed by atoms with van der Waals surface area (Å²) in [4.78, 5) is 149.